The fraction of sp³-hybridized carbons (Fsp3) is 0.615. The van der Waals surface area contributed by atoms with Crippen molar-refractivity contribution in [2.75, 3.05) is 37.8 Å². The van der Waals surface area contributed by atoms with Crippen molar-refractivity contribution in [3.05, 3.63) is 23.9 Å². The van der Waals surface area contributed by atoms with E-state index in [4.69, 9.17) is 5.11 Å². The molecule has 2 N–H and O–H groups in total. The Morgan fingerprint density at radius 1 is 1.50 bits per heavy atom. The van der Waals surface area contributed by atoms with Gasteiger partial charge in [0.1, 0.15) is 5.82 Å². The minimum atomic E-state index is -3.13. The Bertz CT molecular complexity index is 548. The molecule has 0 saturated carbocycles. The van der Waals surface area contributed by atoms with Crippen molar-refractivity contribution in [2.24, 2.45) is 0 Å². The van der Waals surface area contributed by atoms with Crippen molar-refractivity contribution in [3.63, 3.8) is 0 Å². The average Bonchev–Trinajstić information content (AvgIpc) is 2.45. The van der Waals surface area contributed by atoms with E-state index in [9.17, 15) is 8.42 Å². The molecule has 0 aliphatic carbocycles. The molecular weight excluding hydrogens is 278 g/mol. The lowest BCUT2D eigenvalue weighted by Crippen LogP contribution is -2.38. The van der Waals surface area contributed by atoms with E-state index in [0.717, 1.165) is 18.5 Å². The van der Waals surface area contributed by atoms with Gasteiger partial charge < -0.3 is 10.4 Å². The van der Waals surface area contributed by atoms with Gasteiger partial charge in [-0.05, 0) is 25.0 Å². The molecule has 6 nitrogen and oxygen atoms in total. The summed E-state index contributed by atoms with van der Waals surface area (Å²) in [4.78, 5) is 4.51. The maximum Gasteiger partial charge on any atom is 0.211 e. The first-order chi connectivity index (χ1) is 9.50. The van der Waals surface area contributed by atoms with E-state index in [0.29, 0.717) is 25.5 Å². The van der Waals surface area contributed by atoms with Gasteiger partial charge >= 0.3 is 0 Å². The van der Waals surface area contributed by atoms with Gasteiger partial charge in [0, 0.05) is 31.2 Å². The molecule has 0 amide bonds. The topological polar surface area (TPSA) is 82.5 Å². The van der Waals surface area contributed by atoms with E-state index in [1.54, 1.807) is 0 Å². The van der Waals surface area contributed by atoms with Crippen molar-refractivity contribution in [1.29, 1.82) is 0 Å². The summed E-state index contributed by atoms with van der Waals surface area (Å²) >= 11 is 0. The summed E-state index contributed by atoms with van der Waals surface area (Å²) in [5, 5.41) is 11.8. The second kappa shape index (κ2) is 6.51. The Morgan fingerprint density at radius 2 is 2.30 bits per heavy atom. The van der Waals surface area contributed by atoms with E-state index in [1.807, 2.05) is 18.2 Å². The Kier molecular flexibility index (Phi) is 4.95. The van der Waals surface area contributed by atoms with Crippen LogP contribution in [0.15, 0.2) is 18.2 Å². The molecule has 2 heterocycles. The van der Waals surface area contributed by atoms with Gasteiger partial charge in [-0.15, -0.1) is 0 Å². The molecule has 7 heteroatoms. The SMILES string of the molecule is CS(=O)(=O)N1CCCC(c2cccc(NCCO)n2)C1. The predicted octanol–water partition coefficient (Wildman–Crippen LogP) is 0.625. The summed E-state index contributed by atoms with van der Waals surface area (Å²) in [7, 11) is -3.13. The number of nitrogens with one attached hydrogen (secondary N) is 1. The zero-order valence-electron chi connectivity index (χ0n) is 11.6. The Hall–Kier alpha value is -1.18. The number of pyridine rings is 1. The van der Waals surface area contributed by atoms with Gasteiger partial charge in [0.15, 0.2) is 0 Å². The van der Waals surface area contributed by atoms with E-state index in [2.05, 4.69) is 10.3 Å². The van der Waals surface area contributed by atoms with Gasteiger partial charge in [0.05, 0.1) is 12.9 Å². The summed E-state index contributed by atoms with van der Waals surface area (Å²) in [6, 6.07) is 5.68. The van der Waals surface area contributed by atoms with Crippen LogP contribution < -0.4 is 5.32 Å². The number of hydrogen-bond donors (Lipinski definition) is 2. The molecule has 112 valence electrons. The number of sulfonamides is 1. The lowest BCUT2D eigenvalue weighted by molar-refractivity contribution is 0.310. The highest BCUT2D eigenvalue weighted by Gasteiger charge is 2.27. The van der Waals surface area contributed by atoms with Crippen LogP contribution in [0.4, 0.5) is 5.82 Å². The zero-order valence-corrected chi connectivity index (χ0v) is 12.4. The van der Waals surface area contributed by atoms with Gasteiger partial charge in [-0.3, -0.25) is 0 Å². The molecule has 1 saturated heterocycles. The second-order valence-electron chi connectivity index (χ2n) is 5.06. The highest BCUT2D eigenvalue weighted by atomic mass is 32.2. The van der Waals surface area contributed by atoms with Crippen molar-refractivity contribution in [1.82, 2.24) is 9.29 Å². The van der Waals surface area contributed by atoms with Gasteiger partial charge in [-0.25, -0.2) is 17.7 Å². The molecule has 20 heavy (non-hydrogen) atoms. The zero-order chi connectivity index (χ0) is 14.6. The lowest BCUT2D eigenvalue weighted by atomic mass is 9.96. The number of aliphatic hydroxyl groups is 1. The monoisotopic (exact) mass is 299 g/mol. The van der Waals surface area contributed by atoms with E-state index < -0.39 is 10.0 Å². The van der Waals surface area contributed by atoms with Crippen LogP contribution in [0.1, 0.15) is 24.5 Å². The van der Waals surface area contributed by atoms with Gasteiger partial charge in [0.2, 0.25) is 10.0 Å². The number of hydrogen-bond acceptors (Lipinski definition) is 5. The largest absolute Gasteiger partial charge is 0.395 e. The van der Waals surface area contributed by atoms with Crippen LogP contribution in [-0.4, -0.2) is 55.3 Å². The van der Waals surface area contributed by atoms with Gasteiger partial charge in [-0.1, -0.05) is 6.07 Å². The molecule has 2 rings (SSSR count). The van der Waals surface area contributed by atoms with Crippen LogP contribution in [0.3, 0.4) is 0 Å². The van der Waals surface area contributed by atoms with Crippen LogP contribution >= 0.6 is 0 Å². The minimum Gasteiger partial charge on any atom is -0.395 e. The molecule has 1 fully saturated rings. The molecule has 0 bridgehead atoms. The van der Waals surface area contributed by atoms with Crippen molar-refractivity contribution in [2.45, 2.75) is 18.8 Å². The normalized spacial score (nSPS) is 20.8. The smallest absolute Gasteiger partial charge is 0.211 e. The number of rotatable bonds is 5. The highest BCUT2D eigenvalue weighted by Crippen LogP contribution is 2.27. The fourth-order valence-corrected chi connectivity index (χ4v) is 3.36. The van der Waals surface area contributed by atoms with Crippen molar-refractivity contribution in [3.8, 4) is 0 Å². The van der Waals surface area contributed by atoms with Crippen molar-refractivity contribution < 1.29 is 13.5 Å². The minimum absolute atomic E-state index is 0.0528. The Balaban J connectivity index is 2.10. The van der Waals surface area contributed by atoms with Gasteiger partial charge in [-0.2, -0.15) is 0 Å². The third-order valence-electron chi connectivity index (χ3n) is 3.46. The van der Waals surface area contributed by atoms with Gasteiger partial charge in [0.25, 0.3) is 0 Å². The summed E-state index contributed by atoms with van der Waals surface area (Å²) in [5.74, 6) is 0.849. The predicted molar refractivity (Wildman–Crippen MR) is 78.2 cm³/mol. The molecule has 1 aliphatic rings. The summed E-state index contributed by atoms with van der Waals surface area (Å²) in [6.07, 6.45) is 3.05. The maximum absolute atomic E-state index is 11.6. The number of piperidine rings is 1. The Morgan fingerprint density at radius 3 is 3.00 bits per heavy atom. The molecule has 0 aromatic carbocycles. The molecule has 1 atom stereocenters. The third kappa shape index (κ3) is 3.91. The molecule has 1 aromatic rings. The van der Waals surface area contributed by atoms with Crippen LogP contribution in [0.2, 0.25) is 0 Å². The van der Waals surface area contributed by atoms with E-state index >= 15 is 0 Å². The first-order valence-electron chi connectivity index (χ1n) is 6.77. The average molecular weight is 299 g/mol. The molecule has 1 aromatic heterocycles. The van der Waals surface area contributed by atoms with Crippen LogP contribution in [-0.2, 0) is 10.0 Å². The number of aromatic nitrogens is 1. The summed E-state index contributed by atoms with van der Waals surface area (Å²) < 4.78 is 24.8. The fourth-order valence-electron chi connectivity index (χ4n) is 2.45. The lowest BCUT2D eigenvalue weighted by Gasteiger charge is -2.30. The van der Waals surface area contributed by atoms with E-state index in [1.165, 1.54) is 10.6 Å². The summed E-state index contributed by atoms with van der Waals surface area (Å²) in [6.45, 7) is 1.60. The molecule has 0 spiro atoms. The second-order valence-corrected chi connectivity index (χ2v) is 7.04. The van der Waals surface area contributed by atoms with Crippen LogP contribution in [0.25, 0.3) is 0 Å². The Labute approximate surface area is 119 Å². The highest BCUT2D eigenvalue weighted by molar-refractivity contribution is 7.88. The first-order valence-corrected chi connectivity index (χ1v) is 8.62. The number of aliphatic hydroxyl groups excluding tert-OH is 1. The summed E-state index contributed by atoms with van der Waals surface area (Å²) in [5.41, 5.74) is 0.904. The maximum atomic E-state index is 11.6. The number of anilines is 1. The van der Waals surface area contributed by atoms with Crippen molar-refractivity contribution >= 4 is 15.8 Å². The standard InChI is InChI=1S/C13H21N3O3S/c1-20(18,19)16-8-3-4-11(10-16)12-5-2-6-13(15-12)14-7-9-17/h2,5-6,11,17H,3-4,7-10H2,1H3,(H,14,15). The molecular formula is C13H21N3O3S. The number of nitrogens with zero attached hydrogens (tertiary/aromatic N) is 2. The first kappa shape index (κ1) is 15.2. The quantitative estimate of drug-likeness (QED) is 0.833. The van der Waals surface area contributed by atoms with Crippen LogP contribution in [0, 0.1) is 0 Å². The molecule has 0 radical (unpaired) electrons. The molecule has 1 unspecified atom stereocenters. The van der Waals surface area contributed by atoms with Crippen LogP contribution in [0.5, 0.6) is 0 Å². The molecule has 1 aliphatic heterocycles. The third-order valence-corrected chi connectivity index (χ3v) is 4.73. The van der Waals surface area contributed by atoms with E-state index in [-0.39, 0.29) is 12.5 Å².